The molecule has 1 aromatic heterocycles. The first-order chi connectivity index (χ1) is 9.60. The molecule has 4 nitrogen and oxygen atoms in total. The average molecular weight is 277 g/mol. The molecule has 1 heterocycles. The summed E-state index contributed by atoms with van der Waals surface area (Å²) in [5, 5.41) is 6.23. The molecular formula is C16H27N3O. The van der Waals surface area contributed by atoms with Gasteiger partial charge in [-0.15, -0.1) is 0 Å². The number of aryl methyl sites for hydroxylation is 1. The van der Waals surface area contributed by atoms with Crippen LogP contribution in [-0.4, -0.2) is 23.5 Å². The first-order valence-electron chi connectivity index (χ1n) is 7.66. The van der Waals surface area contributed by atoms with Gasteiger partial charge in [-0.05, 0) is 38.8 Å². The molecule has 1 rings (SSSR count). The molecule has 4 heteroatoms. The molecule has 0 fully saturated rings. The number of nitrogens with zero attached hydrogens (tertiary/aromatic N) is 1. The molecule has 1 atom stereocenters. The largest absolute Gasteiger partial charge is 0.370 e. The van der Waals surface area contributed by atoms with Crippen molar-refractivity contribution in [2.24, 2.45) is 0 Å². The maximum atomic E-state index is 12.3. The molecule has 0 spiro atoms. The van der Waals surface area contributed by atoms with Gasteiger partial charge in [0, 0.05) is 23.8 Å². The summed E-state index contributed by atoms with van der Waals surface area (Å²) in [5.74, 6) is 0.775. The third-order valence-corrected chi connectivity index (χ3v) is 3.10. The molecule has 1 aromatic rings. The smallest absolute Gasteiger partial charge is 0.251 e. The summed E-state index contributed by atoms with van der Waals surface area (Å²) in [6.07, 6.45) is 3.99. The van der Waals surface area contributed by atoms with Crippen molar-refractivity contribution in [2.75, 3.05) is 11.9 Å². The van der Waals surface area contributed by atoms with Gasteiger partial charge in [0.25, 0.3) is 5.91 Å². The van der Waals surface area contributed by atoms with Crippen LogP contribution in [0.25, 0.3) is 0 Å². The molecule has 1 unspecified atom stereocenters. The average Bonchev–Trinajstić information content (AvgIpc) is 2.39. The predicted octanol–water partition coefficient (Wildman–Crippen LogP) is 3.38. The number of aromatic nitrogens is 1. The number of carbonyl (C=O) groups is 1. The van der Waals surface area contributed by atoms with Crippen LogP contribution in [0.3, 0.4) is 0 Å². The van der Waals surface area contributed by atoms with E-state index in [4.69, 9.17) is 0 Å². The van der Waals surface area contributed by atoms with Gasteiger partial charge in [-0.2, -0.15) is 0 Å². The normalized spacial score (nSPS) is 12.0. The second-order valence-electron chi connectivity index (χ2n) is 5.18. The Labute approximate surface area is 122 Å². The van der Waals surface area contributed by atoms with Crippen LogP contribution >= 0.6 is 0 Å². The highest BCUT2D eigenvalue weighted by atomic mass is 16.1. The van der Waals surface area contributed by atoms with Gasteiger partial charge >= 0.3 is 0 Å². The molecule has 0 aliphatic carbocycles. The first-order valence-corrected chi connectivity index (χ1v) is 7.66. The van der Waals surface area contributed by atoms with Crippen LogP contribution in [0.5, 0.6) is 0 Å². The molecule has 0 radical (unpaired) electrons. The highest BCUT2D eigenvalue weighted by Crippen LogP contribution is 2.13. The van der Waals surface area contributed by atoms with Gasteiger partial charge in [0.05, 0.1) is 0 Å². The fourth-order valence-corrected chi connectivity index (χ4v) is 2.19. The number of pyridine rings is 1. The Morgan fingerprint density at radius 3 is 2.60 bits per heavy atom. The van der Waals surface area contributed by atoms with Crippen LogP contribution in [0, 0.1) is 0 Å². The molecule has 0 aromatic carbocycles. The number of rotatable bonds is 8. The van der Waals surface area contributed by atoms with Crippen molar-refractivity contribution in [3.05, 3.63) is 23.4 Å². The summed E-state index contributed by atoms with van der Waals surface area (Å²) in [6.45, 7) is 9.11. The molecule has 0 bridgehead atoms. The third kappa shape index (κ3) is 5.19. The number of carbonyl (C=O) groups excluding carboxylic acids is 1. The lowest BCUT2D eigenvalue weighted by atomic mass is 10.1. The summed E-state index contributed by atoms with van der Waals surface area (Å²) in [7, 11) is 0. The summed E-state index contributed by atoms with van der Waals surface area (Å²) in [5.41, 5.74) is 1.67. The zero-order chi connectivity index (χ0) is 15.0. The van der Waals surface area contributed by atoms with Crippen molar-refractivity contribution in [2.45, 2.75) is 59.4 Å². The topological polar surface area (TPSA) is 54.0 Å². The van der Waals surface area contributed by atoms with Crippen molar-refractivity contribution in [3.63, 3.8) is 0 Å². The Kier molecular flexibility index (Phi) is 7.05. The van der Waals surface area contributed by atoms with E-state index in [1.54, 1.807) is 0 Å². The number of anilines is 1. The van der Waals surface area contributed by atoms with Crippen molar-refractivity contribution in [3.8, 4) is 0 Å². The van der Waals surface area contributed by atoms with Crippen molar-refractivity contribution < 1.29 is 4.79 Å². The van der Waals surface area contributed by atoms with Gasteiger partial charge in [-0.3, -0.25) is 4.79 Å². The Hall–Kier alpha value is -1.58. The maximum Gasteiger partial charge on any atom is 0.251 e. The van der Waals surface area contributed by atoms with Gasteiger partial charge < -0.3 is 10.6 Å². The zero-order valence-corrected chi connectivity index (χ0v) is 13.1. The molecule has 0 aliphatic heterocycles. The highest BCUT2D eigenvalue weighted by Gasteiger charge is 2.12. The summed E-state index contributed by atoms with van der Waals surface area (Å²) >= 11 is 0. The Morgan fingerprint density at radius 2 is 2.00 bits per heavy atom. The summed E-state index contributed by atoms with van der Waals surface area (Å²) in [4.78, 5) is 16.8. The molecule has 0 saturated heterocycles. The van der Waals surface area contributed by atoms with E-state index in [2.05, 4.69) is 29.5 Å². The fraction of sp³-hybridized carbons (Fsp3) is 0.625. The van der Waals surface area contributed by atoms with Crippen LogP contribution in [0.2, 0.25) is 0 Å². The number of nitrogens with one attached hydrogen (secondary N) is 2. The first kappa shape index (κ1) is 16.5. The van der Waals surface area contributed by atoms with E-state index in [9.17, 15) is 4.79 Å². The molecule has 20 heavy (non-hydrogen) atoms. The predicted molar refractivity (Wildman–Crippen MR) is 84.2 cm³/mol. The second-order valence-corrected chi connectivity index (χ2v) is 5.18. The van der Waals surface area contributed by atoms with E-state index in [0.717, 1.165) is 43.7 Å². The molecule has 1 amide bonds. The Morgan fingerprint density at radius 1 is 1.25 bits per heavy atom. The minimum Gasteiger partial charge on any atom is -0.370 e. The Bertz CT molecular complexity index is 407. The van der Waals surface area contributed by atoms with E-state index < -0.39 is 0 Å². The summed E-state index contributed by atoms with van der Waals surface area (Å²) in [6, 6.07) is 3.94. The molecule has 0 saturated carbocycles. The Balaban J connectivity index is 2.88. The van der Waals surface area contributed by atoms with Crippen LogP contribution in [0.4, 0.5) is 5.82 Å². The lowest BCUT2D eigenvalue weighted by Gasteiger charge is -2.14. The zero-order valence-electron chi connectivity index (χ0n) is 13.1. The van der Waals surface area contributed by atoms with Gasteiger partial charge in [-0.25, -0.2) is 4.98 Å². The minimum atomic E-state index is -0.00939. The number of hydrogen-bond acceptors (Lipinski definition) is 3. The van der Waals surface area contributed by atoms with E-state index >= 15 is 0 Å². The van der Waals surface area contributed by atoms with Gasteiger partial charge in [0.2, 0.25) is 0 Å². The fourth-order valence-electron chi connectivity index (χ4n) is 2.19. The lowest BCUT2D eigenvalue weighted by molar-refractivity contribution is 0.0938. The molecule has 2 N–H and O–H groups in total. The van der Waals surface area contributed by atoms with Crippen molar-refractivity contribution >= 4 is 11.7 Å². The summed E-state index contributed by atoms with van der Waals surface area (Å²) < 4.78 is 0. The number of hydrogen-bond donors (Lipinski definition) is 2. The number of amides is 1. The van der Waals surface area contributed by atoms with Gasteiger partial charge in [0.15, 0.2) is 0 Å². The highest BCUT2D eigenvalue weighted by molar-refractivity contribution is 5.95. The van der Waals surface area contributed by atoms with E-state index in [0.29, 0.717) is 5.56 Å². The molecule has 0 aliphatic rings. The maximum absolute atomic E-state index is 12.3. The third-order valence-electron chi connectivity index (χ3n) is 3.10. The van der Waals surface area contributed by atoms with Crippen molar-refractivity contribution in [1.29, 1.82) is 0 Å². The van der Waals surface area contributed by atoms with Gasteiger partial charge in [0.1, 0.15) is 5.82 Å². The lowest BCUT2D eigenvalue weighted by Crippen LogP contribution is -2.32. The molecule has 112 valence electrons. The minimum absolute atomic E-state index is 0.00939. The standard InChI is InChI=1S/C16H27N3O/c1-5-8-12(4)18-16(20)13-10-14(9-6-2)19-15(11-13)17-7-3/h10-12H,5-9H2,1-4H3,(H,17,19)(H,18,20). The van der Waals surface area contributed by atoms with Crippen LogP contribution in [0.15, 0.2) is 12.1 Å². The van der Waals surface area contributed by atoms with Crippen LogP contribution < -0.4 is 10.6 Å². The molecular weight excluding hydrogens is 250 g/mol. The van der Waals surface area contributed by atoms with Crippen molar-refractivity contribution in [1.82, 2.24) is 10.3 Å². The van der Waals surface area contributed by atoms with E-state index in [-0.39, 0.29) is 11.9 Å². The van der Waals surface area contributed by atoms with Crippen LogP contribution in [-0.2, 0) is 6.42 Å². The second kappa shape index (κ2) is 8.56. The quantitative estimate of drug-likeness (QED) is 0.766. The van der Waals surface area contributed by atoms with Crippen LogP contribution in [0.1, 0.15) is 63.0 Å². The SMILES string of the molecule is CCCc1cc(C(=O)NC(C)CCC)cc(NCC)n1. The van der Waals surface area contributed by atoms with E-state index in [1.165, 1.54) is 0 Å². The van der Waals surface area contributed by atoms with Gasteiger partial charge in [-0.1, -0.05) is 26.7 Å². The van der Waals surface area contributed by atoms with E-state index in [1.807, 2.05) is 26.0 Å². The monoisotopic (exact) mass is 277 g/mol.